The lowest BCUT2D eigenvalue weighted by molar-refractivity contribution is 0.388. The smallest absolute Gasteiger partial charge is 0.223 e. The van der Waals surface area contributed by atoms with E-state index in [-0.39, 0.29) is 5.41 Å². The fourth-order valence-corrected chi connectivity index (χ4v) is 1.68. The Morgan fingerprint density at radius 2 is 1.83 bits per heavy atom. The predicted molar refractivity (Wildman–Crippen MR) is 71.5 cm³/mol. The first-order valence-electron chi connectivity index (χ1n) is 6.09. The van der Waals surface area contributed by atoms with Crippen LogP contribution < -0.4 is 5.32 Å². The maximum atomic E-state index is 4.92. The summed E-state index contributed by atoms with van der Waals surface area (Å²) < 4.78 is 4.92. The van der Waals surface area contributed by atoms with Crippen LogP contribution in [0.5, 0.6) is 0 Å². The number of hydrogen-bond acceptors (Lipinski definition) is 4. The highest BCUT2D eigenvalue weighted by molar-refractivity contribution is 5.45. The molecule has 1 aromatic carbocycles. The van der Waals surface area contributed by atoms with Gasteiger partial charge in [-0.2, -0.15) is 4.98 Å². The highest BCUT2D eigenvalue weighted by Gasteiger charge is 2.12. The molecule has 0 spiro atoms. The van der Waals surface area contributed by atoms with Crippen LogP contribution in [0.1, 0.15) is 38.0 Å². The molecule has 0 atom stereocenters. The van der Waals surface area contributed by atoms with E-state index in [1.165, 1.54) is 5.56 Å². The van der Waals surface area contributed by atoms with Gasteiger partial charge in [-0.25, -0.2) is 0 Å². The van der Waals surface area contributed by atoms with Crippen LogP contribution in [-0.2, 0) is 12.0 Å². The Bertz CT molecular complexity index is 509. The highest BCUT2D eigenvalue weighted by atomic mass is 16.5. The standard InChI is InChI=1S/C14H19N3O/c1-10-16-13(17-18-10)9-15-12-7-5-11(6-8-12)14(2,3)4/h5-8,15H,9H2,1-4H3. The minimum Gasteiger partial charge on any atom is -0.378 e. The second kappa shape index (κ2) is 4.80. The molecule has 0 aliphatic carbocycles. The molecule has 1 heterocycles. The Labute approximate surface area is 107 Å². The molecule has 0 unspecified atom stereocenters. The van der Waals surface area contributed by atoms with Crippen LogP contribution in [0, 0.1) is 6.92 Å². The summed E-state index contributed by atoms with van der Waals surface area (Å²) in [5.41, 5.74) is 2.57. The van der Waals surface area contributed by atoms with Crippen molar-refractivity contribution in [3.8, 4) is 0 Å². The molecule has 2 aromatic rings. The summed E-state index contributed by atoms with van der Waals surface area (Å²) in [7, 11) is 0. The molecule has 4 nitrogen and oxygen atoms in total. The van der Waals surface area contributed by atoms with Crippen molar-refractivity contribution in [1.82, 2.24) is 10.1 Å². The molecular weight excluding hydrogens is 226 g/mol. The van der Waals surface area contributed by atoms with Crippen LogP contribution in [0.3, 0.4) is 0 Å². The van der Waals surface area contributed by atoms with Crippen molar-refractivity contribution in [3.63, 3.8) is 0 Å². The number of nitrogens with zero attached hydrogens (tertiary/aromatic N) is 2. The number of aromatic nitrogens is 2. The molecule has 96 valence electrons. The van der Waals surface area contributed by atoms with Gasteiger partial charge in [0, 0.05) is 12.6 Å². The average Bonchev–Trinajstić information content (AvgIpc) is 2.72. The Kier molecular flexibility index (Phi) is 3.36. The quantitative estimate of drug-likeness (QED) is 0.901. The van der Waals surface area contributed by atoms with E-state index in [9.17, 15) is 0 Å². The first-order valence-corrected chi connectivity index (χ1v) is 6.09. The van der Waals surface area contributed by atoms with Gasteiger partial charge in [0.25, 0.3) is 0 Å². The lowest BCUT2D eigenvalue weighted by Crippen LogP contribution is -2.10. The minimum absolute atomic E-state index is 0.184. The molecule has 1 aromatic heterocycles. The molecule has 1 N–H and O–H groups in total. The van der Waals surface area contributed by atoms with Gasteiger partial charge in [0.05, 0.1) is 6.54 Å². The van der Waals surface area contributed by atoms with Crippen LogP contribution in [0.15, 0.2) is 28.8 Å². The molecule has 2 rings (SSSR count). The van der Waals surface area contributed by atoms with Crippen LogP contribution in [0.25, 0.3) is 0 Å². The molecule has 0 aliphatic rings. The van der Waals surface area contributed by atoms with Crippen LogP contribution >= 0.6 is 0 Å². The molecule has 0 aliphatic heterocycles. The van der Waals surface area contributed by atoms with Crippen molar-refractivity contribution in [3.05, 3.63) is 41.5 Å². The van der Waals surface area contributed by atoms with Crippen molar-refractivity contribution in [2.24, 2.45) is 0 Å². The van der Waals surface area contributed by atoms with E-state index in [0.717, 1.165) is 5.69 Å². The summed E-state index contributed by atoms with van der Waals surface area (Å²) in [5.74, 6) is 1.27. The van der Waals surface area contributed by atoms with Gasteiger partial charge < -0.3 is 9.84 Å². The largest absolute Gasteiger partial charge is 0.378 e. The number of rotatable bonds is 3. The minimum atomic E-state index is 0.184. The van der Waals surface area contributed by atoms with E-state index in [1.807, 2.05) is 0 Å². The van der Waals surface area contributed by atoms with E-state index < -0.39 is 0 Å². The Hall–Kier alpha value is -1.84. The number of anilines is 1. The summed E-state index contributed by atoms with van der Waals surface area (Å²) in [6.07, 6.45) is 0. The fraction of sp³-hybridized carbons (Fsp3) is 0.429. The summed E-state index contributed by atoms with van der Waals surface area (Å²) in [5, 5.41) is 7.11. The molecule has 0 bridgehead atoms. The molecule has 18 heavy (non-hydrogen) atoms. The Balaban J connectivity index is 1.98. The SMILES string of the molecule is Cc1nc(CNc2ccc(C(C)(C)C)cc2)no1. The summed E-state index contributed by atoms with van der Waals surface area (Å²) in [6.45, 7) is 8.98. The first-order chi connectivity index (χ1) is 8.45. The zero-order valence-electron chi connectivity index (χ0n) is 11.3. The fourth-order valence-electron chi connectivity index (χ4n) is 1.68. The number of nitrogens with one attached hydrogen (secondary N) is 1. The lowest BCUT2D eigenvalue weighted by atomic mass is 9.87. The van der Waals surface area contributed by atoms with Crippen molar-refractivity contribution in [2.45, 2.75) is 39.7 Å². The molecule has 0 saturated carbocycles. The van der Waals surface area contributed by atoms with E-state index in [4.69, 9.17) is 4.52 Å². The van der Waals surface area contributed by atoms with Gasteiger partial charge in [-0.3, -0.25) is 0 Å². The summed E-state index contributed by atoms with van der Waals surface area (Å²) in [4.78, 5) is 4.14. The van der Waals surface area contributed by atoms with E-state index in [2.05, 4.69) is 60.5 Å². The third-order valence-corrected chi connectivity index (χ3v) is 2.77. The van der Waals surface area contributed by atoms with E-state index >= 15 is 0 Å². The van der Waals surface area contributed by atoms with Gasteiger partial charge >= 0.3 is 0 Å². The molecule has 0 radical (unpaired) electrons. The summed E-state index contributed by atoms with van der Waals surface area (Å²) in [6, 6.07) is 8.44. The molecule has 0 fully saturated rings. The number of hydrogen-bond donors (Lipinski definition) is 1. The molecular formula is C14H19N3O. The second-order valence-corrected chi connectivity index (χ2v) is 5.41. The zero-order chi connectivity index (χ0) is 13.2. The second-order valence-electron chi connectivity index (χ2n) is 5.41. The first kappa shape index (κ1) is 12.6. The average molecular weight is 245 g/mol. The molecule has 4 heteroatoms. The maximum absolute atomic E-state index is 4.92. The highest BCUT2D eigenvalue weighted by Crippen LogP contribution is 2.23. The van der Waals surface area contributed by atoms with Gasteiger partial charge in [0.1, 0.15) is 0 Å². The monoisotopic (exact) mass is 245 g/mol. The third kappa shape index (κ3) is 3.09. The van der Waals surface area contributed by atoms with Gasteiger partial charge in [0.15, 0.2) is 5.82 Å². The maximum Gasteiger partial charge on any atom is 0.223 e. The van der Waals surface area contributed by atoms with Crippen molar-refractivity contribution >= 4 is 5.69 Å². The van der Waals surface area contributed by atoms with E-state index in [0.29, 0.717) is 18.3 Å². The topological polar surface area (TPSA) is 51.0 Å². The van der Waals surface area contributed by atoms with Gasteiger partial charge in [-0.15, -0.1) is 0 Å². The van der Waals surface area contributed by atoms with Crippen molar-refractivity contribution in [1.29, 1.82) is 0 Å². The van der Waals surface area contributed by atoms with Crippen LogP contribution in [0.2, 0.25) is 0 Å². The van der Waals surface area contributed by atoms with Crippen molar-refractivity contribution < 1.29 is 4.52 Å². The normalized spacial score (nSPS) is 11.6. The third-order valence-electron chi connectivity index (χ3n) is 2.77. The van der Waals surface area contributed by atoms with Gasteiger partial charge in [0.2, 0.25) is 5.89 Å². The van der Waals surface area contributed by atoms with E-state index in [1.54, 1.807) is 6.92 Å². The molecule has 0 saturated heterocycles. The Morgan fingerprint density at radius 1 is 1.17 bits per heavy atom. The van der Waals surface area contributed by atoms with Crippen LogP contribution in [0.4, 0.5) is 5.69 Å². The molecule has 0 amide bonds. The Morgan fingerprint density at radius 3 is 2.33 bits per heavy atom. The lowest BCUT2D eigenvalue weighted by Gasteiger charge is -2.19. The number of benzene rings is 1. The summed E-state index contributed by atoms with van der Waals surface area (Å²) >= 11 is 0. The van der Waals surface area contributed by atoms with Crippen LogP contribution in [-0.4, -0.2) is 10.1 Å². The van der Waals surface area contributed by atoms with Crippen molar-refractivity contribution in [2.75, 3.05) is 5.32 Å². The van der Waals surface area contributed by atoms with Gasteiger partial charge in [-0.05, 0) is 23.1 Å². The van der Waals surface area contributed by atoms with Gasteiger partial charge in [-0.1, -0.05) is 38.1 Å². The predicted octanol–water partition coefficient (Wildman–Crippen LogP) is 3.29. The zero-order valence-corrected chi connectivity index (χ0v) is 11.3. The number of aryl methyl sites for hydroxylation is 1.